The van der Waals surface area contributed by atoms with Gasteiger partial charge in [0.15, 0.2) is 0 Å². The molecule has 5 unspecified atom stereocenters. The molecule has 3 amide bonds. The molecule has 8 N–H and O–H groups in total. The fourth-order valence-electron chi connectivity index (χ4n) is 3.39. The third kappa shape index (κ3) is 10.7. The molecule has 1 aromatic carbocycles. The van der Waals surface area contributed by atoms with Crippen molar-refractivity contribution in [2.75, 3.05) is 12.3 Å². The molecule has 0 aromatic heterocycles. The van der Waals surface area contributed by atoms with Gasteiger partial charge in [-0.3, -0.25) is 14.4 Å². The number of hydrogen-bond acceptors (Lipinski definition) is 7. The quantitative estimate of drug-likeness (QED) is 0.123. The highest BCUT2D eigenvalue weighted by Crippen LogP contribution is 2.11. The minimum absolute atomic E-state index is 0.0958. The second kappa shape index (κ2) is 16.1. The Kier molecular flexibility index (Phi) is 14.0. The first-order chi connectivity index (χ1) is 16.6. The van der Waals surface area contributed by atoms with Crippen molar-refractivity contribution in [3.63, 3.8) is 0 Å². The molecule has 0 heterocycles. The first-order valence-corrected chi connectivity index (χ1v) is 12.5. The number of thiol groups is 1. The van der Waals surface area contributed by atoms with E-state index in [0.717, 1.165) is 5.56 Å². The standard InChI is InChI=1S/C24H39N5O5S/c1-3-15(2)20(29-21(30)17(26)14-35)23(32)27-18(11-7-8-12-25)22(31)28-19(24(33)34)13-16-9-5-4-6-10-16/h4-6,9-10,15,17-20,35H,3,7-8,11-14,25-26H2,1-2H3,(H,27,32)(H,28,31)(H,29,30)(H,33,34). The van der Waals surface area contributed by atoms with Gasteiger partial charge in [0.25, 0.3) is 0 Å². The van der Waals surface area contributed by atoms with Crippen molar-refractivity contribution >= 4 is 36.3 Å². The van der Waals surface area contributed by atoms with Crippen LogP contribution < -0.4 is 27.4 Å². The monoisotopic (exact) mass is 509 g/mol. The van der Waals surface area contributed by atoms with Gasteiger partial charge in [0.1, 0.15) is 18.1 Å². The van der Waals surface area contributed by atoms with Gasteiger partial charge in [-0.05, 0) is 37.3 Å². The summed E-state index contributed by atoms with van der Waals surface area (Å²) in [5, 5.41) is 17.5. The average Bonchev–Trinajstić information content (AvgIpc) is 2.85. The van der Waals surface area contributed by atoms with Gasteiger partial charge in [-0.15, -0.1) is 0 Å². The molecule has 0 saturated heterocycles. The summed E-state index contributed by atoms with van der Waals surface area (Å²) in [5.74, 6) is -2.97. The van der Waals surface area contributed by atoms with Crippen molar-refractivity contribution in [2.24, 2.45) is 17.4 Å². The highest BCUT2D eigenvalue weighted by atomic mass is 32.1. The van der Waals surface area contributed by atoms with Gasteiger partial charge in [0.2, 0.25) is 17.7 Å². The zero-order valence-corrected chi connectivity index (χ0v) is 21.3. The minimum atomic E-state index is -1.18. The van der Waals surface area contributed by atoms with E-state index in [1.54, 1.807) is 31.2 Å². The summed E-state index contributed by atoms with van der Waals surface area (Å²) in [6.07, 6.45) is 2.14. The number of benzene rings is 1. The zero-order valence-electron chi connectivity index (χ0n) is 20.4. The molecule has 0 aliphatic carbocycles. The number of unbranched alkanes of at least 4 members (excludes halogenated alkanes) is 1. The lowest BCUT2D eigenvalue weighted by molar-refractivity contribution is -0.142. The third-order valence-corrected chi connectivity index (χ3v) is 6.20. The third-order valence-electron chi connectivity index (χ3n) is 5.80. The maximum atomic E-state index is 13.1. The van der Waals surface area contributed by atoms with Crippen LogP contribution >= 0.6 is 12.6 Å². The average molecular weight is 510 g/mol. The van der Waals surface area contributed by atoms with E-state index >= 15 is 0 Å². The Hall–Kier alpha value is -2.63. The first-order valence-electron chi connectivity index (χ1n) is 11.9. The largest absolute Gasteiger partial charge is 0.480 e. The first kappa shape index (κ1) is 30.4. The Morgan fingerprint density at radius 2 is 1.60 bits per heavy atom. The smallest absolute Gasteiger partial charge is 0.326 e. The molecular weight excluding hydrogens is 470 g/mol. The lowest BCUT2D eigenvalue weighted by Crippen LogP contribution is -2.59. The van der Waals surface area contributed by atoms with Gasteiger partial charge in [0.05, 0.1) is 6.04 Å². The van der Waals surface area contributed by atoms with Gasteiger partial charge in [-0.1, -0.05) is 50.6 Å². The van der Waals surface area contributed by atoms with Crippen LogP contribution in [0.3, 0.4) is 0 Å². The predicted molar refractivity (Wildman–Crippen MR) is 138 cm³/mol. The van der Waals surface area contributed by atoms with Crippen molar-refractivity contribution in [1.29, 1.82) is 0 Å². The van der Waals surface area contributed by atoms with E-state index in [9.17, 15) is 24.3 Å². The normalized spacial score (nSPS) is 15.2. The van der Waals surface area contributed by atoms with Crippen molar-refractivity contribution in [1.82, 2.24) is 16.0 Å². The summed E-state index contributed by atoms with van der Waals surface area (Å²) in [7, 11) is 0. The number of carbonyl (C=O) groups is 4. The second-order valence-electron chi connectivity index (χ2n) is 8.60. The van der Waals surface area contributed by atoms with Crippen LogP contribution in [0.2, 0.25) is 0 Å². The van der Waals surface area contributed by atoms with E-state index < -0.39 is 47.9 Å². The van der Waals surface area contributed by atoms with Crippen molar-refractivity contribution in [3.8, 4) is 0 Å². The molecule has 35 heavy (non-hydrogen) atoms. The van der Waals surface area contributed by atoms with Crippen LogP contribution in [-0.2, 0) is 25.6 Å². The number of aliphatic carboxylic acids is 1. The number of rotatable bonds is 16. The van der Waals surface area contributed by atoms with Crippen LogP contribution in [0.1, 0.15) is 45.1 Å². The summed E-state index contributed by atoms with van der Waals surface area (Å²) in [4.78, 5) is 50.3. The van der Waals surface area contributed by atoms with E-state index in [2.05, 4.69) is 28.6 Å². The van der Waals surface area contributed by atoms with Crippen LogP contribution in [0.15, 0.2) is 30.3 Å². The molecular formula is C24H39N5O5S. The second-order valence-corrected chi connectivity index (χ2v) is 8.96. The van der Waals surface area contributed by atoms with Crippen LogP contribution in [0.5, 0.6) is 0 Å². The van der Waals surface area contributed by atoms with Crippen LogP contribution in [-0.4, -0.2) is 65.3 Å². The van der Waals surface area contributed by atoms with E-state index in [0.29, 0.717) is 25.8 Å². The molecule has 11 heteroatoms. The molecule has 0 spiro atoms. The SMILES string of the molecule is CCC(C)C(NC(=O)C(N)CS)C(=O)NC(CCCCN)C(=O)NC(Cc1ccccc1)C(=O)O. The maximum Gasteiger partial charge on any atom is 0.326 e. The highest BCUT2D eigenvalue weighted by Gasteiger charge is 2.32. The van der Waals surface area contributed by atoms with Crippen molar-refractivity contribution < 1.29 is 24.3 Å². The number of carboxylic acid groups (broad SMARTS) is 1. The lowest BCUT2D eigenvalue weighted by Gasteiger charge is -2.28. The molecule has 0 fully saturated rings. The Morgan fingerprint density at radius 3 is 2.14 bits per heavy atom. The van der Waals surface area contributed by atoms with Crippen molar-refractivity contribution in [2.45, 2.75) is 70.1 Å². The fraction of sp³-hybridized carbons (Fsp3) is 0.583. The minimum Gasteiger partial charge on any atom is -0.480 e. The summed E-state index contributed by atoms with van der Waals surface area (Å²) in [6, 6.07) is 4.99. The highest BCUT2D eigenvalue weighted by molar-refractivity contribution is 7.80. The van der Waals surface area contributed by atoms with E-state index in [-0.39, 0.29) is 24.5 Å². The fourth-order valence-corrected chi connectivity index (χ4v) is 3.56. The Bertz CT molecular complexity index is 826. The molecule has 1 rings (SSSR count). The van der Waals surface area contributed by atoms with E-state index in [1.807, 2.05) is 13.0 Å². The summed E-state index contributed by atoms with van der Waals surface area (Å²) < 4.78 is 0. The number of nitrogens with one attached hydrogen (secondary N) is 3. The Balaban J connectivity index is 3.02. The maximum absolute atomic E-state index is 13.1. The Labute approximate surface area is 212 Å². The summed E-state index contributed by atoms with van der Waals surface area (Å²) in [5.41, 5.74) is 12.1. The van der Waals surface area contributed by atoms with Crippen LogP contribution in [0.4, 0.5) is 0 Å². The van der Waals surface area contributed by atoms with Crippen LogP contribution in [0, 0.1) is 5.92 Å². The van der Waals surface area contributed by atoms with Gasteiger partial charge in [-0.25, -0.2) is 4.79 Å². The number of amides is 3. The molecule has 196 valence electrons. The Morgan fingerprint density at radius 1 is 0.971 bits per heavy atom. The number of hydrogen-bond donors (Lipinski definition) is 7. The molecule has 0 radical (unpaired) electrons. The predicted octanol–water partition coefficient (Wildman–Crippen LogP) is 0.200. The number of nitrogens with two attached hydrogens (primary N) is 2. The zero-order chi connectivity index (χ0) is 26.4. The van der Waals surface area contributed by atoms with E-state index in [4.69, 9.17) is 11.5 Å². The number of carbonyl (C=O) groups excluding carboxylic acids is 3. The van der Waals surface area contributed by atoms with E-state index in [1.165, 1.54) is 0 Å². The molecule has 0 aliphatic heterocycles. The number of carboxylic acids is 1. The van der Waals surface area contributed by atoms with Crippen LogP contribution in [0.25, 0.3) is 0 Å². The van der Waals surface area contributed by atoms with Gasteiger partial charge >= 0.3 is 5.97 Å². The summed E-state index contributed by atoms with van der Waals surface area (Å²) >= 11 is 4.02. The molecule has 0 saturated carbocycles. The van der Waals surface area contributed by atoms with Gasteiger partial charge in [0, 0.05) is 12.2 Å². The van der Waals surface area contributed by atoms with Gasteiger partial charge < -0.3 is 32.5 Å². The molecule has 0 aliphatic rings. The topological polar surface area (TPSA) is 177 Å². The molecule has 10 nitrogen and oxygen atoms in total. The summed E-state index contributed by atoms with van der Waals surface area (Å²) in [6.45, 7) is 4.10. The molecule has 1 aromatic rings. The molecule has 0 bridgehead atoms. The van der Waals surface area contributed by atoms with Crippen molar-refractivity contribution in [3.05, 3.63) is 35.9 Å². The lowest BCUT2D eigenvalue weighted by atomic mass is 9.97. The molecule has 5 atom stereocenters. The van der Waals surface area contributed by atoms with Gasteiger partial charge in [-0.2, -0.15) is 12.6 Å².